The fraction of sp³-hybridized carbons (Fsp3) is 0.368. The van der Waals surface area contributed by atoms with Crippen molar-refractivity contribution in [3.8, 4) is 5.69 Å². The molecule has 0 aliphatic carbocycles. The van der Waals surface area contributed by atoms with Crippen molar-refractivity contribution in [3.05, 3.63) is 60.7 Å². The van der Waals surface area contributed by atoms with E-state index in [-0.39, 0.29) is 12.1 Å². The van der Waals surface area contributed by atoms with Gasteiger partial charge in [-0.05, 0) is 31.0 Å². The highest BCUT2D eigenvalue weighted by Gasteiger charge is 2.18. The second-order valence-corrected chi connectivity index (χ2v) is 6.48. The van der Waals surface area contributed by atoms with Crippen LogP contribution in [0.2, 0.25) is 0 Å². The molecule has 0 radical (unpaired) electrons. The second kappa shape index (κ2) is 8.48. The molecule has 8 heteroatoms. The molecule has 3 rings (SSSR count). The molecule has 0 unspecified atom stereocenters. The molecule has 0 saturated heterocycles. The van der Waals surface area contributed by atoms with Crippen molar-refractivity contribution in [2.45, 2.75) is 32.9 Å². The minimum absolute atomic E-state index is 0.0901. The maximum absolute atomic E-state index is 12.8. The molecule has 1 aromatic carbocycles. The number of benzene rings is 1. The van der Waals surface area contributed by atoms with Crippen LogP contribution in [0.15, 0.2) is 49.3 Å². The zero-order valence-corrected chi connectivity index (χ0v) is 15.9. The Morgan fingerprint density at radius 2 is 2.07 bits per heavy atom. The van der Waals surface area contributed by atoms with Gasteiger partial charge in [-0.25, -0.2) is 19.4 Å². The second-order valence-electron chi connectivity index (χ2n) is 6.48. The van der Waals surface area contributed by atoms with Crippen LogP contribution in [0, 0.1) is 0 Å². The molecule has 27 heavy (non-hydrogen) atoms. The van der Waals surface area contributed by atoms with E-state index in [1.54, 1.807) is 22.1 Å². The standard InChI is InChI=1S/C19H25N7O/c1-4-10-25(12-18-21-9-11-24(18)3)19(27)23-15(2)16-5-7-17(8-6-16)26-14-20-13-22-26/h5-9,11,13-15H,4,10,12H2,1-3H3,(H,23,27)/t15-/m0/s1. The molecule has 0 saturated carbocycles. The Kier molecular flexibility index (Phi) is 5.85. The summed E-state index contributed by atoms with van der Waals surface area (Å²) < 4.78 is 3.63. The van der Waals surface area contributed by atoms with Crippen LogP contribution in [0.25, 0.3) is 5.69 Å². The minimum Gasteiger partial charge on any atom is -0.337 e. The van der Waals surface area contributed by atoms with Crippen LogP contribution in [0.5, 0.6) is 0 Å². The van der Waals surface area contributed by atoms with E-state index in [0.29, 0.717) is 13.1 Å². The molecule has 1 atom stereocenters. The van der Waals surface area contributed by atoms with Gasteiger partial charge in [-0.2, -0.15) is 5.10 Å². The third kappa shape index (κ3) is 4.52. The largest absolute Gasteiger partial charge is 0.337 e. The highest BCUT2D eigenvalue weighted by Crippen LogP contribution is 2.16. The van der Waals surface area contributed by atoms with Gasteiger partial charge in [-0.15, -0.1) is 0 Å². The Balaban J connectivity index is 1.65. The Bertz CT molecular complexity index is 855. The average molecular weight is 367 g/mol. The van der Waals surface area contributed by atoms with Crippen LogP contribution in [0.1, 0.15) is 37.7 Å². The molecule has 0 aliphatic heterocycles. The van der Waals surface area contributed by atoms with E-state index in [0.717, 1.165) is 23.5 Å². The number of aryl methyl sites for hydroxylation is 1. The van der Waals surface area contributed by atoms with Gasteiger partial charge in [0.2, 0.25) is 0 Å². The van der Waals surface area contributed by atoms with Gasteiger partial charge in [0.1, 0.15) is 18.5 Å². The average Bonchev–Trinajstić information content (AvgIpc) is 3.34. The van der Waals surface area contributed by atoms with E-state index in [2.05, 4.69) is 27.3 Å². The van der Waals surface area contributed by atoms with Crippen molar-refractivity contribution in [3.63, 3.8) is 0 Å². The molecule has 8 nitrogen and oxygen atoms in total. The van der Waals surface area contributed by atoms with Gasteiger partial charge in [0.05, 0.1) is 18.3 Å². The highest BCUT2D eigenvalue weighted by molar-refractivity contribution is 5.74. The molecule has 2 amide bonds. The van der Waals surface area contributed by atoms with Gasteiger partial charge in [-0.1, -0.05) is 19.1 Å². The van der Waals surface area contributed by atoms with Crippen molar-refractivity contribution in [1.29, 1.82) is 0 Å². The lowest BCUT2D eigenvalue weighted by Gasteiger charge is -2.25. The summed E-state index contributed by atoms with van der Waals surface area (Å²) in [6, 6.07) is 7.71. The molecule has 142 valence electrons. The van der Waals surface area contributed by atoms with E-state index in [4.69, 9.17) is 0 Å². The van der Waals surface area contributed by atoms with Crippen LogP contribution in [0.3, 0.4) is 0 Å². The topological polar surface area (TPSA) is 80.9 Å². The van der Waals surface area contributed by atoms with Crippen molar-refractivity contribution in [1.82, 2.24) is 34.5 Å². The summed E-state index contributed by atoms with van der Waals surface area (Å²) in [6.45, 7) is 5.20. The normalized spacial score (nSPS) is 12.0. The molecular weight excluding hydrogens is 342 g/mol. The number of urea groups is 1. The third-order valence-electron chi connectivity index (χ3n) is 4.45. The number of hydrogen-bond acceptors (Lipinski definition) is 4. The SMILES string of the molecule is CCCN(Cc1nccn1C)C(=O)N[C@@H](C)c1ccc(-n2cncn2)cc1. The van der Waals surface area contributed by atoms with Crippen molar-refractivity contribution < 1.29 is 4.79 Å². The number of rotatable bonds is 7. The van der Waals surface area contributed by atoms with Gasteiger partial charge in [0.25, 0.3) is 0 Å². The summed E-state index contributed by atoms with van der Waals surface area (Å²) in [4.78, 5) is 22.8. The number of nitrogens with zero attached hydrogens (tertiary/aromatic N) is 6. The molecule has 0 spiro atoms. The zero-order chi connectivity index (χ0) is 19.2. The summed E-state index contributed by atoms with van der Waals surface area (Å²) in [5, 5.41) is 7.20. The first-order valence-corrected chi connectivity index (χ1v) is 9.05. The number of aromatic nitrogens is 5. The first-order chi connectivity index (χ1) is 13.1. The maximum atomic E-state index is 12.8. The van der Waals surface area contributed by atoms with Crippen molar-refractivity contribution >= 4 is 6.03 Å². The molecule has 0 aliphatic rings. The van der Waals surface area contributed by atoms with Gasteiger partial charge in [0, 0.05) is 26.0 Å². The van der Waals surface area contributed by atoms with Gasteiger partial charge < -0.3 is 14.8 Å². The Labute approximate surface area is 158 Å². The Hall–Kier alpha value is -3.16. The summed E-state index contributed by atoms with van der Waals surface area (Å²) in [5.74, 6) is 0.864. The Morgan fingerprint density at radius 3 is 2.67 bits per heavy atom. The molecule has 1 N–H and O–H groups in total. The van der Waals surface area contributed by atoms with E-state index in [9.17, 15) is 4.79 Å². The number of carbonyl (C=O) groups is 1. The number of imidazole rings is 1. The smallest absolute Gasteiger partial charge is 0.318 e. The van der Waals surface area contributed by atoms with Gasteiger partial charge in [0.15, 0.2) is 0 Å². The monoisotopic (exact) mass is 367 g/mol. The predicted molar refractivity (Wildman–Crippen MR) is 102 cm³/mol. The lowest BCUT2D eigenvalue weighted by Crippen LogP contribution is -2.41. The minimum atomic E-state index is -0.108. The molecule has 2 heterocycles. The zero-order valence-electron chi connectivity index (χ0n) is 15.9. The first-order valence-electron chi connectivity index (χ1n) is 9.05. The van der Waals surface area contributed by atoms with Crippen LogP contribution in [-0.4, -0.2) is 41.8 Å². The van der Waals surface area contributed by atoms with Gasteiger partial charge >= 0.3 is 6.03 Å². The quantitative estimate of drug-likeness (QED) is 0.696. The third-order valence-corrected chi connectivity index (χ3v) is 4.45. The molecule has 2 aromatic heterocycles. The molecule has 3 aromatic rings. The number of carbonyl (C=O) groups excluding carboxylic acids is 1. The van der Waals surface area contributed by atoms with Crippen LogP contribution in [0.4, 0.5) is 4.79 Å². The van der Waals surface area contributed by atoms with E-state index < -0.39 is 0 Å². The van der Waals surface area contributed by atoms with Crippen molar-refractivity contribution in [2.75, 3.05) is 6.54 Å². The van der Waals surface area contributed by atoms with E-state index >= 15 is 0 Å². The highest BCUT2D eigenvalue weighted by atomic mass is 16.2. The number of nitrogens with one attached hydrogen (secondary N) is 1. The van der Waals surface area contributed by atoms with Crippen molar-refractivity contribution in [2.24, 2.45) is 7.05 Å². The molecule has 0 bridgehead atoms. The lowest BCUT2D eigenvalue weighted by molar-refractivity contribution is 0.190. The number of amides is 2. The summed E-state index contributed by atoms with van der Waals surface area (Å²) >= 11 is 0. The summed E-state index contributed by atoms with van der Waals surface area (Å²) in [5.41, 5.74) is 1.96. The van der Waals surface area contributed by atoms with E-state index in [1.165, 1.54) is 6.33 Å². The lowest BCUT2D eigenvalue weighted by atomic mass is 10.1. The van der Waals surface area contributed by atoms with E-state index in [1.807, 2.05) is 49.0 Å². The maximum Gasteiger partial charge on any atom is 0.318 e. The molecule has 0 fully saturated rings. The number of hydrogen-bond donors (Lipinski definition) is 1. The van der Waals surface area contributed by atoms with Crippen LogP contribution >= 0.6 is 0 Å². The predicted octanol–water partition coefficient (Wildman–Crippen LogP) is 2.68. The summed E-state index contributed by atoms with van der Waals surface area (Å²) in [7, 11) is 1.93. The van der Waals surface area contributed by atoms with Gasteiger partial charge in [-0.3, -0.25) is 0 Å². The fourth-order valence-electron chi connectivity index (χ4n) is 2.86. The fourth-order valence-corrected chi connectivity index (χ4v) is 2.86. The van der Waals surface area contributed by atoms with Crippen LogP contribution in [-0.2, 0) is 13.6 Å². The summed E-state index contributed by atoms with van der Waals surface area (Å²) in [6.07, 6.45) is 7.67. The Morgan fingerprint density at radius 1 is 1.30 bits per heavy atom. The first kappa shape index (κ1) is 18.6. The van der Waals surface area contributed by atoms with Crippen LogP contribution < -0.4 is 5.32 Å². The molecular formula is C19H25N7O.